The van der Waals surface area contributed by atoms with E-state index in [2.05, 4.69) is 15.8 Å². The van der Waals surface area contributed by atoms with Gasteiger partial charge in [0.15, 0.2) is 17.3 Å². The second-order valence-electron chi connectivity index (χ2n) is 5.12. The predicted octanol–water partition coefficient (Wildman–Crippen LogP) is 0.789. The summed E-state index contributed by atoms with van der Waals surface area (Å²) >= 11 is 0. The topological polar surface area (TPSA) is 123 Å². The number of anilines is 1. The summed E-state index contributed by atoms with van der Waals surface area (Å²) in [6, 6.07) is 6.34. The maximum Gasteiger partial charge on any atom is 0.314 e. The number of aromatic nitrogens is 1. The number of carbonyl (C=O) groups is 2. The van der Waals surface area contributed by atoms with Crippen molar-refractivity contribution in [3.05, 3.63) is 35.6 Å². The van der Waals surface area contributed by atoms with Gasteiger partial charge < -0.3 is 24.4 Å². The summed E-state index contributed by atoms with van der Waals surface area (Å²) in [5.41, 5.74) is 0.505. The van der Waals surface area contributed by atoms with Crippen molar-refractivity contribution in [3.8, 4) is 11.5 Å². The first kappa shape index (κ1) is 18.3. The molecule has 0 fully saturated rings. The van der Waals surface area contributed by atoms with Gasteiger partial charge in [0, 0.05) is 12.6 Å². The first-order chi connectivity index (χ1) is 11.9. The van der Waals surface area contributed by atoms with Crippen molar-refractivity contribution >= 4 is 17.6 Å². The van der Waals surface area contributed by atoms with Crippen LogP contribution in [0, 0.1) is 6.92 Å². The summed E-state index contributed by atoms with van der Waals surface area (Å²) in [4.78, 5) is 23.5. The van der Waals surface area contributed by atoms with E-state index in [-0.39, 0.29) is 12.4 Å². The van der Waals surface area contributed by atoms with Crippen LogP contribution in [0.25, 0.3) is 0 Å². The van der Waals surface area contributed by atoms with Gasteiger partial charge in [-0.2, -0.15) is 0 Å². The number of hydrogen-bond donors (Lipinski definition) is 3. The number of amides is 2. The summed E-state index contributed by atoms with van der Waals surface area (Å²) in [5.74, 6) is -0.208. The number of hydrogen-bond acceptors (Lipinski definition) is 7. The lowest BCUT2D eigenvalue weighted by Crippen LogP contribution is -2.37. The first-order valence-electron chi connectivity index (χ1n) is 7.37. The fraction of sp³-hybridized carbons (Fsp3) is 0.312. The molecule has 2 rings (SSSR count). The third-order valence-electron chi connectivity index (χ3n) is 3.32. The molecule has 0 saturated heterocycles. The van der Waals surface area contributed by atoms with Crippen LogP contribution in [0.1, 0.15) is 17.4 Å². The molecule has 1 aromatic heterocycles. The first-order valence-corrected chi connectivity index (χ1v) is 7.37. The van der Waals surface area contributed by atoms with Crippen LogP contribution in [0.5, 0.6) is 11.5 Å². The summed E-state index contributed by atoms with van der Waals surface area (Å²) < 4.78 is 15.1. The van der Waals surface area contributed by atoms with Crippen molar-refractivity contribution in [2.45, 2.75) is 13.0 Å². The third kappa shape index (κ3) is 4.70. The summed E-state index contributed by atoms with van der Waals surface area (Å²) in [6.07, 6.45) is -1.02. The molecular formula is C16H19N3O6. The van der Waals surface area contributed by atoms with Gasteiger partial charge in [-0.05, 0) is 24.6 Å². The number of nitrogens with zero attached hydrogens (tertiary/aromatic N) is 1. The Bertz CT molecular complexity index is 758. The Labute approximate surface area is 143 Å². The zero-order chi connectivity index (χ0) is 18.4. The Morgan fingerprint density at radius 2 is 1.92 bits per heavy atom. The Balaban J connectivity index is 1.91. The van der Waals surface area contributed by atoms with Crippen molar-refractivity contribution in [1.29, 1.82) is 0 Å². The van der Waals surface area contributed by atoms with Gasteiger partial charge in [0.2, 0.25) is 0 Å². The number of methoxy groups -OCH3 is 2. The normalized spacial score (nSPS) is 11.5. The number of aliphatic hydroxyl groups excluding tert-OH is 1. The molecule has 0 bridgehead atoms. The monoisotopic (exact) mass is 349 g/mol. The van der Waals surface area contributed by atoms with E-state index in [1.807, 2.05) is 0 Å². The number of nitrogens with one attached hydrogen (secondary N) is 2. The van der Waals surface area contributed by atoms with Gasteiger partial charge in [0.05, 0.1) is 20.3 Å². The molecule has 0 aliphatic rings. The van der Waals surface area contributed by atoms with Crippen LogP contribution in [-0.2, 0) is 9.59 Å². The van der Waals surface area contributed by atoms with Crippen LogP contribution in [0.4, 0.5) is 5.82 Å². The molecule has 2 amide bonds. The molecule has 3 N–H and O–H groups in total. The number of aryl methyl sites for hydroxylation is 1. The minimum Gasteiger partial charge on any atom is -0.493 e. The molecule has 1 aromatic carbocycles. The molecule has 1 heterocycles. The maximum absolute atomic E-state index is 11.8. The highest BCUT2D eigenvalue weighted by Crippen LogP contribution is 2.29. The van der Waals surface area contributed by atoms with E-state index in [1.165, 1.54) is 20.3 Å². The highest BCUT2D eigenvalue weighted by atomic mass is 16.5. The van der Waals surface area contributed by atoms with Gasteiger partial charge in [0.1, 0.15) is 5.76 Å². The molecule has 0 saturated carbocycles. The highest BCUT2D eigenvalue weighted by molar-refractivity contribution is 6.39. The van der Waals surface area contributed by atoms with E-state index >= 15 is 0 Å². The fourth-order valence-corrected chi connectivity index (χ4v) is 2.05. The highest BCUT2D eigenvalue weighted by Gasteiger charge is 2.18. The lowest BCUT2D eigenvalue weighted by Gasteiger charge is -2.14. The zero-order valence-corrected chi connectivity index (χ0v) is 14.0. The number of carbonyl (C=O) groups excluding carboxylic acids is 2. The molecule has 0 aliphatic heterocycles. The molecule has 0 radical (unpaired) electrons. The summed E-state index contributed by atoms with van der Waals surface area (Å²) in [6.45, 7) is 1.50. The molecule has 25 heavy (non-hydrogen) atoms. The fourth-order valence-electron chi connectivity index (χ4n) is 2.05. The third-order valence-corrected chi connectivity index (χ3v) is 3.32. The minimum absolute atomic E-state index is 0.137. The van der Waals surface area contributed by atoms with Crippen molar-refractivity contribution in [1.82, 2.24) is 10.5 Å². The van der Waals surface area contributed by atoms with E-state index in [0.717, 1.165) is 0 Å². The lowest BCUT2D eigenvalue weighted by molar-refractivity contribution is -0.136. The number of ether oxygens (including phenoxy) is 2. The molecule has 1 atom stereocenters. The van der Waals surface area contributed by atoms with Gasteiger partial charge in [-0.1, -0.05) is 11.2 Å². The predicted molar refractivity (Wildman–Crippen MR) is 87.4 cm³/mol. The maximum atomic E-state index is 11.8. The molecular weight excluding hydrogens is 330 g/mol. The van der Waals surface area contributed by atoms with E-state index in [9.17, 15) is 14.7 Å². The van der Waals surface area contributed by atoms with Crippen molar-refractivity contribution in [2.24, 2.45) is 0 Å². The summed E-state index contributed by atoms with van der Waals surface area (Å²) in [5, 5.41) is 18.3. The van der Waals surface area contributed by atoms with Crippen LogP contribution in [0.2, 0.25) is 0 Å². The van der Waals surface area contributed by atoms with Gasteiger partial charge >= 0.3 is 11.8 Å². The van der Waals surface area contributed by atoms with Gasteiger partial charge in [-0.3, -0.25) is 14.9 Å². The van der Waals surface area contributed by atoms with Gasteiger partial charge in [-0.25, -0.2) is 0 Å². The van der Waals surface area contributed by atoms with Crippen molar-refractivity contribution in [2.75, 3.05) is 26.1 Å². The van der Waals surface area contributed by atoms with E-state index < -0.39 is 17.9 Å². The molecule has 0 aliphatic carbocycles. The number of rotatable bonds is 6. The standard InChI is InChI=1S/C16H19N3O6/c1-9-6-14(19-25-9)18-16(22)15(21)17-8-11(20)10-4-5-12(23-2)13(7-10)24-3/h4-7,11,20H,8H2,1-3H3,(H,17,21)(H,18,19,22). The second kappa shape index (κ2) is 8.15. The molecule has 1 unspecified atom stereocenters. The van der Waals surface area contributed by atoms with Gasteiger partial charge in [-0.15, -0.1) is 0 Å². The van der Waals surface area contributed by atoms with Crippen LogP contribution in [-0.4, -0.2) is 42.8 Å². The number of benzene rings is 1. The van der Waals surface area contributed by atoms with E-state index in [4.69, 9.17) is 14.0 Å². The average molecular weight is 349 g/mol. The zero-order valence-electron chi connectivity index (χ0n) is 14.0. The average Bonchev–Trinajstić information content (AvgIpc) is 3.03. The number of aliphatic hydroxyl groups is 1. The second-order valence-corrected chi connectivity index (χ2v) is 5.12. The van der Waals surface area contributed by atoms with Crippen LogP contribution in [0.15, 0.2) is 28.8 Å². The Hall–Kier alpha value is -3.07. The van der Waals surface area contributed by atoms with E-state index in [0.29, 0.717) is 22.8 Å². The Morgan fingerprint density at radius 3 is 2.52 bits per heavy atom. The molecule has 2 aromatic rings. The van der Waals surface area contributed by atoms with Crippen molar-refractivity contribution in [3.63, 3.8) is 0 Å². The molecule has 134 valence electrons. The quantitative estimate of drug-likeness (QED) is 0.659. The lowest BCUT2D eigenvalue weighted by atomic mass is 10.1. The van der Waals surface area contributed by atoms with Crippen LogP contribution < -0.4 is 20.1 Å². The molecule has 0 spiro atoms. The SMILES string of the molecule is COc1ccc(C(O)CNC(=O)C(=O)Nc2cc(C)on2)cc1OC. The Kier molecular flexibility index (Phi) is 5.96. The largest absolute Gasteiger partial charge is 0.493 e. The summed E-state index contributed by atoms with van der Waals surface area (Å²) in [7, 11) is 2.98. The molecule has 9 nitrogen and oxygen atoms in total. The van der Waals surface area contributed by atoms with Crippen LogP contribution in [0.3, 0.4) is 0 Å². The van der Waals surface area contributed by atoms with Crippen molar-refractivity contribution < 1.29 is 28.7 Å². The minimum atomic E-state index is -1.02. The molecule has 9 heteroatoms. The smallest absolute Gasteiger partial charge is 0.314 e. The van der Waals surface area contributed by atoms with E-state index in [1.54, 1.807) is 25.1 Å². The van der Waals surface area contributed by atoms with Gasteiger partial charge in [0.25, 0.3) is 0 Å². The van der Waals surface area contributed by atoms with Crippen LogP contribution >= 0.6 is 0 Å². The Morgan fingerprint density at radius 1 is 1.20 bits per heavy atom.